The molecule has 2 rings (SSSR count). The lowest BCUT2D eigenvalue weighted by Gasteiger charge is -2.25. The molecule has 0 radical (unpaired) electrons. The van der Waals surface area contributed by atoms with Crippen LogP contribution in [0.2, 0.25) is 0 Å². The van der Waals surface area contributed by atoms with E-state index in [1.54, 1.807) is 18.3 Å². The van der Waals surface area contributed by atoms with Gasteiger partial charge in [0.15, 0.2) is 0 Å². The molecule has 0 aliphatic carbocycles. The molecule has 22 heavy (non-hydrogen) atoms. The van der Waals surface area contributed by atoms with Crippen LogP contribution < -0.4 is 0 Å². The number of ether oxygens (including phenoxy) is 1. The van der Waals surface area contributed by atoms with Crippen molar-refractivity contribution < 1.29 is 14.6 Å². The van der Waals surface area contributed by atoms with Crippen molar-refractivity contribution in [2.24, 2.45) is 0 Å². The summed E-state index contributed by atoms with van der Waals surface area (Å²) in [5.74, 6) is 0.115. The number of hydrogen-bond acceptors (Lipinski definition) is 5. The van der Waals surface area contributed by atoms with E-state index >= 15 is 0 Å². The summed E-state index contributed by atoms with van der Waals surface area (Å²) in [5, 5.41) is 12.4. The van der Waals surface area contributed by atoms with E-state index < -0.39 is 0 Å². The third-order valence-electron chi connectivity index (χ3n) is 3.98. The Morgan fingerprint density at radius 3 is 3.05 bits per heavy atom. The van der Waals surface area contributed by atoms with E-state index in [0.717, 1.165) is 30.1 Å². The van der Waals surface area contributed by atoms with Crippen molar-refractivity contribution in [2.45, 2.75) is 64.7 Å². The summed E-state index contributed by atoms with van der Waals surface area (Å²) in [6.07, 6.45) is 2.62. The minimum Gasteiger partial charge on any atom is -0.393 e. The van der Waals surface area contributed by atoms with E-state index in [1.165, 1.54) is 0 Å². The zero-order valence-electron chi connectivity index (χ0n) is 13.6. The summed E-state index contributed by atoms with van der Waals surface area (Å²) in [6.45, 7) is 7.17. The van der Waals surface area contributed by atoms with Crippen LogP contribution in [0.25, 0.3) is 0 Å². The lowest BCUT2D eigenvalue weighted by Crippen LogP contribution is -2.38. The van der Waals surface area contributed by atoms with Gasteiger partial charge in [-0.1, -0.05) is 0 Å². The minimum atomic E-state index is -0.365. The monoisotopic (exact) mass is 326 g/mol. The molecule has 1 N–H and O–H groups in total. The number of aromatic nitrogens is 1. The molecule has 3 unspecified atom stereocenters. The van der Waals surface area contributed by atoms with Gasteiger partial charge in [-0.2, -0.15) is 0 Å². The molecule has 0 saturated carbocycles. The summed E-state index contributed by atoms with van der Waals surface area (Å²) in [5.41, 5.74) is 0.819. The maximum atomic E-state index is 12.5. The molecule has 1 amide bonds. The van der Waals surface area contributed by atoms with Crippen molar-refractivity contribution in [1.29, 1.82) is 0 Å². The van der Waals surface area contributed by atoms with Crippen molar-refractivity contribution in [3.63, 3.8) is 0 Å². The number of thiazole rings is 1. The Labute approximate surface area is 136 Å². The Kier molecular flexibility index (Phi) is 6.35. The standard InChI is InChI=1S/C16H26N2O3S/c1-4-21-12(3)16-17-13(10-22-16)9-15(20)18-7-5-6-14(18)8-11(2)19/h10-12,14,19H,4-9H2,1-3H3. The van der Waals surface area contributed by atoms with Crippen LogP contribution in [0.15, 0.2) is 5.38 Å². The highest BCUT2D eigenvalue weighted by atomic mass is 32.1. The fraction of sp³-hybridized carbons (Fsp3) is 0.750. The number of carbonyl (C=O) groups excluding carboxylic acids is 1. The maximum Gasteiger partial charge on any atom is 0.228 e. The normalized spacial score (nSPS) is 21.1. The Bertz CT molecular complexity index is 489. The highest BCUT2D eigenvalue weighted by molar-refractivity contribution is 7.09. The SMILES string of the molecule is CCOC(C)c1nc(CC(=O)N2CCCC2CC(C)O)cs1. The summed E-state index contributed by atoms with van der Waals surface area (Å²) in [4.78, 5) is 18.9. The van der Waals surface area contributed by atoms with Gasteiger partial charge in [0.05, 0.1) is 18.2 Å². The summed E-state index contributed by atoms with van der Waals surface area (Å²) in [7, 11) is 0. The fourth-order valence-electron chi connectivity index (χ4n) is 2.97. The van der Waals surface area contributed by atoms with Crippen molar-refractivity contribution in [2.75, 3.05) is 13.2 Å². The van der Waals surface area contributed by atoms with Crippen LogP contribution in [-0.4, -0.2) is 46.2 Å². The van der Waals surface area contributed by atoms with Gasteiger partial charge >= 0.3 is 0 Å². The van der Waals surface area contributed by atoms with E-state index in [1.807, 2.05) is 24.1 Å². The summed E-state index contributed by atoms with van der Waals surface area (Å²) in [6, 6.07) is 0.174. The number of rotatable bonds is 7. The average molecular weight is 326 g/mol. The van der Waals surface area contributed by atoms with Crippen LogP contribution in [0.3, 0.4) is 0 Å². The Hall–Kier alpha value is -0.980. The van der Waals surface area contributed by atoms with Crippen molar-refractivity contribution in [1.82, 2.24) is 9.88 Å². The van der Waals surface area contributed by atoms with Gasteiger partial charge in [0.2, 0.25) is 5.91 Å². The zero-order valence-corrected chi connectivity index (χ0v) is 14.4. The van der Waals surface area contributed by atoms with Gasteiger partial charge in [-0.3, -0.25) is 4.79 Å². The van der Waals surface area contributed by atoms with Gasteiger partial charge in [-0.15, -0.1) is 11.3 Å². The molecule has 1 aliphatic rings. The number of carbonyl (C=O) groups is 1. The van der Waals surface area contributed by atoms with Gasteiger partial charge in [0, 0.05) is 24.6 Å². The van der Waals surface area contributed by atoms with Crippen LogP contribution >= 0.6 is 11.3 Å². The van der Waals surface area contributed by atoms with Gasteiger partial charge < -0.3 is 14.7 Å². The number of likely N-dealkylation sites (tertiary alicyclic amines) is 1. The Balaban J connectivity index is 1.94. The quantitative estimate of drug-likeness (QED) is 0.836. The van der Waals surface area contributed by atoms with E-state index in [0.29, 0.717) is 19.4 Å². The third kappa shape index (κ3) is 4.51. The van der Waals surface area contributed by atoms with Crippen molar-refractivity contribution in [3.05, 3.63) is 16.1 Å². The molecule has 3 atom stereocenters. The second-order valence-corrected chi connectivity index (χ2v) is 6.81. The molecule has 1 fully saturated rings. The average Bonchev–Trinajstić information content (AvgIpc) is 3.07. The Morgan fingerprint density at radius 1 is 1.59 bits per heavy atom. The van der Waals surface area contributed by atoms with E-state index in [2.05, 4.69) is 4.98 Å². The molecule has 0 spiro atoms. The van der Waals surface area contributed by atoms with E-state index in [-0.39, 0.29) is 24.2 Å². The van der Waals surface area contributed by atoms with Crippen LogP contribution in [-0.2, 0) is 16.0 Å². The predicted molar refractivity (Wildman–Crippen MR) is 86.9 cm³/mol. The van der Waals surface area contributed by atoms with Gasteiger partial charge in [0.1, 0.15) is 11.1 Å². The topological polar surface area (TPSA) is 62.7 Å². The first-order valence-corrected chi connectivity index (χ1v) is 8.92. The number of aliphatic hydroxyl groups excluding tert-OH is 1. The number of hydrogen-bond donors (Lipinski definition) is 1. The molecule has 1 aromatic heterocycles. The lowest BCUT2D eigenvalue weighted by atomic mass is 10.1. The smallest absolute Gasteiger partial charge is 0.228 e. The first-order valence-electron chi connectivity index (χ1n) is 8.04. The van der Waals surface area contributed by atoms with Crippen LogP contribution in [0.1, 0.15) is 56.8 Å². The van der Waals surface area contributed by atoms with E-state index in [9.17, 15) is 9.90 Å². The highest BCUT2D eigenvalue weighted by Crippen LogP contribution is 2.24. The minimum absolute atomic E-state index is 0.0198. The number of nitrogens with zero attached hydrogens (tertiary/aromatic N) is 2. The molecule has 2 heterocycles. The number of amides is 1. The molecule has 124 valence electrons. The lowest BCUT2D eigenvalue weighted by molar-refractivity contribution is -0.131. The first kappa shape index (κ1) is 17.4. The molecule has 5 nitrogen and oxygen atoms in total. The maximum absolute atomic E-state index is 12.5. The van der Waals surface area contributed by atoms with Gasteiger partial charge in [-0.05, 0) is 40.0 Å². The molecule has 0 aromatic carbocycles. The zero-order chi connectivity index (χ0) is 16.1. The van der Waals surface area contributed by atoms with Crippen LogP contribution in [0.4, 0.5) is 0 Å². The summed E-state index contributed by atoms with van der Waals surface area (Å²) < 4.78 is 5.53. The number of aliphatic hydroxyl groups is 1. The van der Waals surface area contributed by atoms with Gasteiger partial charge in [-0.25, -0.2) is 4.98 Å². The third-order valence-corrected chi connectivity index (χ3v) is 5.03. The van der Waals surface area contributed by atoms with Gasteiger partial charge in [0.25, 0.3) is 0 Å². The van der Waals surface area contributed by atoms with E-state index in [4.69, 9.17) is 4.74 Å². The first-order chi connectivity index (χ1) is 10.5. The van der Waals surface area contributed by atoms with Crippen molar-refractivity contribution in [3.8, 4) is 0 Å². The molecule has 1 saturated heterocycles. The molecular weight excluding hydrogens is 300 g/mol. The Morgan fingerprint density at radius 2 is 2.36 bits per heavy atom. The second-order valence-electron chi connectivity index (χ2n) is 5.92. The van der Waals surface area contributed by atoms with Crippen molar-refractivity contribution >= 4 is 17.2 Å². The fourth-order valence-corrected chi connectivity index (χ4v) is 3.79. The molecular formula is C16H26N2O3S. The largest absolute Gasteiger partial charge is 0.393 e. The van der Waals surface area contributed by atoms with Crippen LogP contribution in [0, 0.1) is 0 Å². The molecule has 1 aliphatic heterocycles. The molecule has 1 aromatic rings. The molecule has 0 bridgehead atoms. The predicted octanol–water partition coefficient (Wildman–Crippen LogP) is 2.55. The van der Waals surface area contributed by atoms with Crippen LogP contribution in [0.5, 0.6) is 0 Å². The molecule has 6 heteroatoms. The summed E-state index contributed by atoms with van der Waals surface area (Å²) >= 11 is 1.55. The second kappa shape index (κ2) is 8.04. The highest BCUT2D eigenvalue weighted by Gasteiger charge is 2.29.